The van der Waals surface area contributed by atoms with Gasteiger partial charge < -0.3 is 10.1 Å². The van der Waals surface area contributed by atoms with E-state index in [-0.39, 0.29) is 0 Å². The van der Waals surface area contributed by atoms with E-state index in [0.717, 1.165) is 31.6 Å². The molecule has 0 aromatic heterocycles. The zero-order valence-electron chi connectivity index (χ0n) is 12.3. The highest BCUT2D eigenvalue weighted by atomic mass is 16.5. The molecule has 0 aliphatic carbocycles. The first-order chi connectivity index (χ1) is 9.33. The number of benzene rings is 1. The van der Waals surface area contributed by atoms with Crippen molar-refractivity contribution in [3.05, 3.63) is 42.5 Å². The topological polar surface area (TPSA) is 21.3 Å². The zero-order valence-corrected chi connectivity index (χ0v) is 12.3. The van der Waals surface area contributed by atoms with Crippen LogP contribution in [0.4, 0.5) is 0 Å². The summed E-state index contributed by atoms with van der Waals surface area (Å²) < 4.78 is 5.94. The van der Waals surface area contributed by atoms with Crippen molar-refractivity contribution < 1.29 is 4.74 Å². The molecule has 0 spiro atoms. The van der Waals surface area contributed by atoms with Crippen LogP contribution < -0.4 is 10.1 Å². The average Bonchev–Trinajstić information content (AvgIpc) is 2.45. The predicted octanol–water partition coefficient (Wildman–Crippen LogP) is 4.48. The molecule has 0 radical (unpaired) electrons. The quantitative estimate of drug-likeness (QED) is 0.495. The first kappa shape index (κ1) is 15.8. The Morgan fingerprint density at radius 1 is 1.26 bits per heavy atom. The van der Waals surface area contributed by atoms with E-state index in [4.69, 9.17) is 4.74 Å². The molecular formula is C17H27NO. The molecule has 106 valence electrons. The standard InChI is InChI=1S/C17H27NO/c1-4-6-7-8-11-14-19-17-13-10-9-12-15(17)16(5-2)18-3/h4,9-10,12-13,16,18H,1,5-8,11,14H2,2-3H3. The summed E-state index contributed by atoms with van der Waals surface area (Å²) in [4.78, 5) is 0. The van der Waals surface area contributed by atoms with Crippen molar-refractivity contribution in [2.24, 2.45) is 0 Å². The highest BCUT2D eigenvalue weighted by Crippen LogP contribution is 2.26. The molecule has 0 saturated carbocycles. The summed E-state index contributed by atoms with van der Waals surface area (Å²) in [7, 11) is 2.00. The smallest absolute Gasteiger partial charge is 0.124 e. The van der Waals surface area contributed by atoms with E-state index in [1.54, 1.807) is 0 Å². The number of ether oxygens (including phenoxy) is 1. The van der Waals surface area contributed by atoms with Gasteiger partial charge in [-0.25, -0.2) is 0 Å². The Labute approximate surface area is 117 Å². The molecule has 0 saturated heterocycles. The lowest BCUT2D eigenvalue weighted by molar-refractivity contribution is 0.299. The second-order valence-electron chi connectivity index (χ2n) is 4.77. The number of hydrogen-bond acceptors (Lipinski definition) is 2. The van der Waals surface area contributed by atoms with Crippen molar-refractivity contribution in [1.82, 2.24) is 5.32 Å². The number of para-hydroxylation sites is 1. The molecule has 1 rings (SSSR count). The van der Waals surface area contributed by atoms with Crippen molar-refractivity contribution in [3.8, 4) is 5.75 Å². The SMILES string of the molecule is C=CCCCCCOc1ccccc1C(CC)NC. The number of nitrogens with one attached hydrogen (secondary N) is 1. The van der Waals surface area contributed by atoms with Crippen LogP contribution in [-0.2, 0) is 0 Å². The van der Waals surface area contributed by atoms with E-state index in [9.17, 15) is 0 Å². The van der Waals surface area contributed by atoms with Crippen molar-refractivity contribution in [3.63, 3.8) is 0 Å². The molecular weight excluding hydrogens is 234 g/mol. The zero-order chi connectivity index (χ0) is 13.9. The molecule has 2 heteroatoms. The van der Waals surface area contributed by atoms with Gasteiger partial charge in [0.1, 0.15) is 5.75 Å². The third-order valence-corrected chi connectivity index (χ3v) is 3.36. The van der Waals surface area contributed by atoms with Crippen LogP contribution in [0.5, 0.6) is 5.75 Å². The summed E-state index contributed by atoms with van der Waals surface area (Å²) in [5, 5.41) is 3.34. The van der Waals surface area contributed by atoms with E-state index < -0.39 is 0 Å². The molecule has 1 aromatic carbocycles. The summed E-state index contributed by atoms with van der Waals surface area (Å²) in [6.07, 6.45) is 7.68. The molecule has 19 heavy (non-hydrogen) atoms. The highest BCUT2D eigenvalue weighted by molar-refractivity contribution is 5.35. The Hall–Kier alpha value is -1.28. The van der Waals surface area contributed by atoms with Crippen LogP contribution in [0.3, 0.4) is 0 Å². The van der Waals surface area contributed by atoms with Crippen molar-refractivity contribution in [2.45, 2.75) is 45.1 Å². The lowest BCUT2D eigenvalue weighted by Crippen LogP contribution is -2.16. The number of hydrogen-bond donors (Lipinski definition) is 1. The first-order valence-corrected chi connectivity index (χ1v) is 7.33. The van der Waals surface area contributed by atoms with Gasteiger partial charge in [-0.1, -0.05) is 31.2 Å². The molecule has 0 heterocycles. The summed E-state index contributed by atoms with van der Waals surface area (Å²) in [6.45, 7) is 6.73. The van der Waals surface area contributed by atoms with E-state index in [1.165, 1.54) is 18.4 Å². The summed E-state index contributed by atoms with van der Waals surface area (Å²) in [5.74, 6) is 1.02. The fraction of sp³-hybridized carbons (Fsp3) is 0.529. The average molecular weight is 261 g/mol. The second kappa shape index (κ2) is 9.62. The Kier molecular flexibility index (Phi) is 7.99. The fourth-order valence-corrected chi connectivity index (χ4v) is 2.23. The molecule has 0 bridgehead atoms. The largest absolute Gasteiger partial charge is 0.493 e. The molecule has 0 aliphatic heterocycles. The normalized spacial score (nSPS) is 12.1. The Bertz CT molecular complexity index is 358. The third-order valence-electron chi connectivity index (χ3n) is 3.36. The van der Waals surface area contributed by atoms with Gasteiger partial charge in [-0.3, -0.25) is 0 Å². The third kappa shape index (κ3) is 5.48. The number of rotatable bonds is 10. The molecule has 1 atom stereocenters. The molecule has 0 aliphatic rings. The molecule has 1 unspecified atom stereocenters. The molecule has 2 nitrogen and oxygen atoms in total. The minimum atomic E-state index is 0.372. The van der Waals surface area contributed by atoms with Crippen LogP contribution in [0.25, 0.3) is 0 Å². The molecule has 0 amide bonds. The number of allylic oxidation sites excluding steroid dienone is 1. The van der Waals surface area contributed by atoms with E-state index in [2.05, 4.69) is 37.0 Å². The molecule has 1 N–H and O–H groups in total. The van der Waals surface area contributed by atoms with Gasteiger partial charge in [-0.15, -0.1) is 6.58 Å². The van der Waals surface area contributed by atoms with Gasteiger partial charge in [0.15, 0.2) is 0 Å². The van der Waals surface area contributed by atoms with E-state index in [1.807, 2.05) is 19.2 Å². The Balaban J connectivity index is 2.46. The maximum Gasteiger partial charge on any atom is 0.124 e. The molecule has 1 aromatic rings. The van der Waals surface area contributed by atoms with E-state index >= 15 is 0 Å². The Morgan fingerprint density at radius 3 is 2.74 bits per heavy atom. The van der Waals surface area contributed by atoms with Gasteiger partial charge in [0.2, 0.25) is 0 Å². The minimum absolute atomic E-state index is 0.372. The van der Waals surface area contributed by atoms with Crippen molar-refractivity contribution >= 4 is 0 Å². The second-order valence-corrected chi connectivity index (χ2v) is 4.77. The van der Waals surface area contributed by atoms with Gasteiger partial charge in [0.25, 0.3) is 0 Å². The van der Waals surface area contributed by atoms with Crippen LogP contribution >= 0.6 is 0 Å². The van der Waals surface area contributed by atoms with E-state index in [0.29, 0.717) is 6.04 Å². The van der Waals surface area contributed by atoms with Crippen LogP contribution in [0.2, 0.25) is 0 Å². The van der Waals surface area contributed by atoms with Gasteiger partial charge in [-0.2, -0.15) is 0 Å². The fourth-order valence-electron chi connectivity index (χ4n) is 2.23. The van der Waals surface area contributed by atoms with Gasteiger partial charge in [-0.05, 0) is 45.2 Å². The Morgan fingerprint density at radius 2 is 2.05 bits per heavy atom. The maximum absolute atomic E-state index is 5.94. The first-order valence-electron chi connectivity index (χ1n) is 7.33. The molecule has 0 fully saturated rings. The van der Waals surface area contributed by atoms with Crippen LogP contribution in [0.1, 0.15) is 50.6 Å². The van der Waals surface area contributed by atoms with Crippen LogP contribution in [0, 0.1) is 0 Å². The van der Waals surface area contributed by atoms with Crippen LogP contribution in [-0.4, -0.2) is 13.7 Å². The maximum atomic E-state index is 5.94. The lowest BCUT2D eigenvalue weighted by Gasteiger charge is -2.18. The van der Waals surface area contributed by atoms with Gasteiger partial charge in [0, 0.05) is 11.6 Å². The summed E-state index contributed by atoms with van der Waals surface area (Å²) in [6, 6.07) is 8.71. The number of unbranched alkanes of at least 4 members (excludes halogenated alkanes) is 3. The lowest BCUT2D eigenvalue weighted by atomic mass is 10.0. The predicted molar refractivity (Wildman–Crippen MR) is 82.7 cm³/mol. The van der Waals surface area contributed by atoms with Crippen molar-refractivity contribution in [1.29, 1.82) is 0 Å². The minimum Gasteiger partial charge on any atom is -0.493 e. The highest BCUT2D eigenvalue weighted by Gasteiger charge is 2.11. The van der Waals surface area contributed by atoms with Crippen LogP contribution in [0.15, 0.2) is 36.9 Å². The monoisotopic (exact) mass is 261 g/mol. The van der Waals surface area contributed by atoms with Gasteiger partial charge >= 0.3 is 0 Å². The van der Waals surface area contributed by atoms with Gasteiger partial charge in [0.05, 0.1) is 6.61 Å². The summed E-state index contributed by atoms with van der Waals surface area (Å²) >= 11 is 0. The summed E-state index contributed by atoms with van der Waals surface area (Å²) in [5.41, 5.74) is 1.26. The van der Waals surface area contributed by atoms with Crippen molar-refractivity contribution in [2.75, 3.05) is 13.7 Å².